The van der Waals surface area contributed by atoms with E-state index in [1.54, 1.807) is 4.90 Å². The molecule has 3 unspecified atom stereocenters. The molecular weight excluding hydrogens is 446 g/mol. The lowest BCUT2D eigenvalue weighted by atomic mass is 9.86. The second-order valence-corrected chi connectivity index (χ2v) is 10.6. The number of nitrogens with one attached hydrogen (secondary N) is 2. The molecule has 8 nitrogen and oxygen atoms in total. The fourth-order valence-corrected chi connectivity index (χ4v) is 6.16. The average molecular weight is 484 g/mol. The molecule has 3 amide bonds. The number of carbonyl (C=O) groups is 3. The molecule has 2 N–H and O–H groups in total. The molecule has 190 valence electrons. The summed E-state index contributed by atoms with van der Waals surface area (Å²) in [5, 5.41) is 6.17. The third kappa shape index (κ3) is 5.38. The van der Waals surface area contributed by atoms with Crippen LogP contribution in [0, 0.1) is 5.92 Å². The fraction of sp³-hybridized carbons (Fsp3) is 0.667. The van der Waals surface area contributed by atoms with E-state index in [4.69, 9.17) is 9.47 Å². The molecule has 1 aromatic rings. The lowest BCUT2D eigenvalue weighted by Crippen LogP contribution is -2.52. The van der Waals surface area contributed by atoms with Crippen LogP contribution in [-0.2, 0) is 20.9 Å². The molecule has 8 heteroatoms. The van der Waals surface area contributed by atoms with Crippen molar-refractivity contribution in [3.8, 4) is 5.75 Å². The van der Waals surface area contributed by atoms with Gasteiger partial charge in [0.2, 0.25) is 11.8 Å². The Morgan fingerprint density at radius 3 is 2.60 bits per heavy atom. The van der Waals surface area contributed by atoms with Crippen molar-refractivity contribution < 1.29 is 23.9 Å². The number of rotatable bonds is 7. The van der Waals surface area contributed by atoms with Crippen molar-refractivity contribution in [2.45, 2.75) is 95.0 Å². The van der Waals surface area contributed by atoms with Gasteiger partial charge in [-0.3, -0.25) is 19.7 Å². The molecule has 0 aromatic heterocycles. The Hall–Kier alpha value is -2.45. The number of ether oxygens (including phenoxy) is 2. The van der Waals surface area contributed by atoms with Gasteiger partial charge in [0.1, 0.15) is 17.9 Å². The van der Waals surface area contributed by atoms with E-state index in [1.807, 2.05) is 25.3 Å². The van der Waals surface area contributed by atoms with Gasteiger partial charge < -0.3 is 19.7 Å². The molecule has 3 atom stereocenters. The first-order valence-electron chi connectivity index (χ1n) is 13.2. The molecular formula is C27H37N3O5. The predicted octanol–water partition coefficient (Wildman–Crippen LogP) is 2.93. The lowest BCUT2D eigenvalue weighted by Gasteiger charge is -2.35. The van der Waals surface area contributed by atoms with Gasteiger partial charge in [-0.15, -0.1) is 0 Å². The minimum absolute atomic E-state index is 0.112. The summed E-state index contributed by atoms with van der Waals surface area (Å²) < 4.78 is 12.0. The molecule has 35 heavy (non-hydrogen) atoms. The van der Waals surface area contributed by atoms with Crippen LogP contribution < -0.4 is 15.4 Å². The number of methoxy groups -OCH3 is 1. The maximum absolute atomic E-state index is 13.0. The summed E-state index contributed by atoms with van der Waals surface area (Å²) in [6.45, 7) is 1.40. The molecule has 0 spiro atoms. The molecule has 0 radical (unpaired) electrons. The molecule has 2 aliphatic heterocycles. The Kier molecular flexibility index (Phi) is 7.39. The van der Waals surface area contributed by atoms with Crippen LogP contribution in [0.25, 0.3) is 0 Å². The molecule has 3 fully saturated rings. The summed E-state index contributed by atoms with van der Waals surface area (Å²) >= 11 is 0. The van der Waals surface area contributed by atoms with E-state index in [1.165, 1.54) is 19.3 Å². The summed E-state index contributed by atoms with van der Waals surface area (Å²) in [7, 11) is 1.81. The zero-order valence-corrected chi connectivity index (χ0v) is 20.6. The number of amides is 3. The number of benzene rings is 1. The molecule has 1 aromatic carbocycles. The average Bonchev–Trinajstić information content (AvgIpc) is 3.19. The van der Waals surface area contributed by atoms with Crippen molar-refractivity contribution in [3.05, 3.63) is 29.3 Å². The van der Waals surface area contributed by atoms with Crippen LogP contribution in [0.15, 0.2) is 18.2 Å². The van der Waals surface area contributed by atoms with Gasteiger partial charge in [-0.1, -0.05) is 6.42 Å². The third-order valence-corrected chi connectivity index (χ3v) is 8.28. The predicted molar refractivity (Wildman–Crippen MR) is 130 cm³/mol. The SMILES string of the molecule is CO[C@H]1CC[C@@H](CNC2CCCCC2Oc2ccc3c(c2)CN(C2CCC(=O)NC2=O)C3=O)CC1. The summed E-state index contributed by atoms with van der Waals surface area (Å²) in [5.41, 5.74) is 1.50. The monoisotopic (exact) mass is 483 g/mol. The third-order valence-electron chi connectivity index (χ3n) is 8.28. The fourth-order valence-electron chi connectivity index (χ4n) is 6.16. The number of hydrogen-bond donors (Lipinski definition) is 2. The first kappa shape index (κ1) is 24.3. The number of imide groups is 1. The molecule has 2 saturated carbocycles. The van der Waals surface area contributed by atoms with Crippen molar-refractivity contribution in [2.24, 2.45) is 5.92 Å². The second kappa shape index (κ2) is 10.7. The van der Waals surface area contributed by atoms with E-state index in [9.17, 15) is 14.4 Å². The molecule has 5 rings (SSSR count). The number of carbonyl (C=O) groups excluding carboxylic acids is 3. The van der Waals surface area contributed by atoms with Gasteiger partial charge in [0.25, 0.3) is 5.91 Å². The Morgan fingerprint density at radius 1 is 1.03 bits per heavy atom. The highest BCUT2D eigenvalue weighted by Crippen LogP contribution is 2.32. The van der Waals surface area contributed by atoms with Crippen LogP contribution in [-0.4, -0.2) is 60.6 Å². The highest BCUT2D eigenvalue weighted by Gasteiger charge is 2.39. The van der Waals surface area contributed by atoms with Gasteiger partial charge in [-0.2, -0.15) is 0 Å². The van der Waals surface area contributed by atoms with Crippen molar-refractivity contribution >= 4 is 17.7 Å². The summed E-state index contributed by atoms with van der Waals surface area (Å²) in [6, 6.07) is 5.39. The minimum Gasteiger partial charge on any atom is -0.489 e. The van der Waals surface area contributed by atoms with Crippen LogP contribution in [0.3, 0.4) is 0 Å². The van der Waals surface area contributed by atoms with E-state index in [0.717, 1.165) is 50.0 Å². The summed E-state index contributed by atoms with van der Waals surface area (Å²) in [6.07, 6.45) is 10.4. The Bertz CT molecular complexity index is 958. The molecule has 2 aliphatic carbocycles. The number of nitrogens with zero attached hydrogens (tertiary/aromatic N) is 1. The minimum atomic E-state index is -0.595. The van der Waals surface area contributed by atoms with Gasteiger partial charge in [0, 0.05) is 31.7 Å². The standard InChI is InChI=1S/C27H37N3O5/c1-34-19-8-6-17(7-9-19)15-28-22-4-2-3-5-24(22)35-20-10-11-21-18(14-20)16-30(27(21)33)23-12-13-25(31)29-26(23)32/h10-11,14,17,19,22-24,28H,2-9,12-13,15-16H2,1H3,(H,29,31,32)/t17-,19+,22?,23?,24?. The van der Waals surface area contributed by atoms with Crippen LogP contribution >= 0.6 is 0 Å². The molecule has 0 bridgehead atoms. The topological polar surface area (TPSA) is 97.0 Å². The maximum atomic E-state index is 13.0. The quantitative estimate of drug-likeness (QED) is 0.579. The zero-order chi connectivity index (χ0) is 24.4. The Morgan fingerprint density at radius 2 is 1.83 bits per heavy atom. The van der Waals surface area contributed by atoms with Gasteiger partial charge >= 0.3 is 0 Å². The van der Waals surface area contributed by atoms with Crippen molar-refractivity contribution in [1.29, 1.82) is 0 Å². The van der Waals surface area contributed by atoms with Gasteiger partial charge in [0.15, 0.2) is 0 Å². The van der Waals surface area contributed by atoms with Gasteiger partial charge in [-0.25, -0.2) is 0 Å². The summed E-state index contributed by atoms with van der Waals surface area (Å²) in [5.74, 6) is 0.672. The van der Waals surface area contributed by atoms with Crippen LogP contribution in [0.4, 0.5) is 0 Å². The summed E-state index contributed by atoms with van der Waals surface area (Å²) in [4.78, 5) is 38.3. The number of piperidine rings is 1. The number of hydrogen-bond acceptors (Lipinski definition) is 6. The highest BCUT2D eigenvalue weighted by atomic mass is 16.5. The van der Waals surface area contributed by atoms with Gasteiger partial charge in [0.05, 0.1) is 6.10 Å². The van der Waals surface area contributed by atoms with E-state index < -0.39 is 6.04 Å². The molecule has 1 saturated heterocycles. The number of fused-ring (bicyclic) bond motifs is 1. The van der Waals surface area contributed by atoms with E-state index in [-0.39, 0.29) is 30.2 Å². The Balaban J connectivity index is 1.19. The second-order valence-electron chi connectivity index (χ2n) is 10.6. The Labute approximate surface area is 207 Å². The molecule has 4 aliphatic rings. The first-order valence-corrected chi connectivity index (χ1v) is 13.2. The van der Waals surface area contributed by atoms with Crippen molar-refractivity contribution in [3.63, 3.8) is 0 Å². The van der Waals surface area contributed by atoms with Crippen molar-refractivity contribution in [2.75, 3.05) is 13.7 Å². The van der Waals surface area contributed by atoms with E-state index >= 15 is 0 Å². The zero-order valence-electron chi connectivity index (χ0n) is 20.6. The molecule has 2 heterocycles. The van der Waals surface area contributed by atoms with Crippen LogP contribution in [0.2, 0.25) is 0 Å². The largest absolute Gasteiger partial charge is 0.489 e. The van der Waals surface area contributed by atoms with Gasteiger partial charge in [-0.05, 0) is 87.6 Å². The normalized spacial score (nSPS) is 31.3. The highest BCUT2D eigenvalue weighted by molar-refractivity contribution is 6.05. The van der Waals surface area contributed by atoms with E-state index in [0.29, 0.717) is 36.6 Å². The van der Waals surface area contributed by atoms with Crippen molar-refractivity contribution in [1.82, 2.24) is 15.5 Å². The van der Waals surface area contributed by atoms with Crippen LogP contribution in [0.5, 0.6) is 5.75 Å². The first-order chi connectivity index (χ1) is 17.0. The smallest absolute Gasteiger partial charge is 0.255 e. The maximum Gasteiger partial charge on any atom is 0.255 e. The van der Waals surface area contributed by atoms with E-state index in [2.05, 4.69) is 10.6 Å². The van der Waals surface area contributed by atoms with Crippen LogP contribution in [0.1, 0.15) is 80.1 Å². The lowest BCUT2D eigenvalue weighted by molar-refractivity contribution is -0.136.